The van der Waals surface area contributed by atoms with Gasteiger partial charge in [-0.05, 0) is 92.8 Å². The quantitative estimate of drug-likeness (QED) is 0.143. The van der Waals surface area contributed by atoms with E-state index >= 15 is 0 Å². The Kier molecular flexibility index (Phi) is 8.85. The Bertz CT molecular complexity index is 2690. The Balaban J connectivity index is 1.41. The number of nitrogens with zero attached hydrogens (tertiary/aromatic N) is 3. The van der Waals surface area contributed by atoms with E-state index in [1.165, 1.54) is 0 Å². The number of ether oxygens (including phenoxy) is 1. The smallest absolute Gasteiger partial charge is 0.176 e. The lowest BCUT2D eigenvalue weighted by Crippen LogP contribution is -2.32. The number of fused-ring (bicyclic) bond motifs is 3. The van der Waals surface area contributed by atoms with Crippen LogP contribution in [-0.4, -0.2) is 4.98 Å². The number of anilines is 6. The van der Waals surface area contributed by atoms with E-state index in [-0.39, 0.29) is 0 Å². The Morgan fingerprint density at radius 1 is 0.491 bits per heavy atom. The topological polar surface area (TPSA) is 28.6 Å². The molecule has 1 aromatic heterocycles. The summed E-state index contributed by atoms with van der Waals surface area (Å²) in [5.74, 6) is 1.47. The number of para-hydroxylation sites is 5. The van der Waals surface area contributed by atoms with Crippen LogP contribution in [0.25, 0.3) is 10.9 Å². The second-order valence-electron chi connectivity index (χ2n) is 14.0. The van der Waals surface area contributed by atoms with Crippen LogP contribution in [0.5, 0.6) is 11.5 Å². The summed E-state index contributed by atoms with van der Waals surface area (Å²) < 4.78 is 8.13. The first kappa shape index (κ1) is 34.5. The van der Waals surface area contributed by atoms with E-state index in [4.69, 9.17) is 9.72 Å². The first-order valence-corrected chi connectivity index (χ1v) is 19.9. The van der Waals surface area contributed by atoms with Gasteiger partial charge in [0.15, 0.2) is 11.5 Å². The molecule has 0 bridgehead atoms. The summed E-state index contributed by atoms with van der Waals surface area (Å²) in [6.07, 6.45) is 1.87. The number of halogens is 1. The largest absolute Gasteiger partial charge is 0.451 e. The molecule has 272 valence electrons. The average molecular weight is 799 g/mol. The van der Waals surface area contributed by atoms with Gasteiger partial charge in [-0.25, -0.2) is 0 Å². The fourth-order valence-corrected chi connectivity index (χ4v) is 9.21. The fraction of sp³-hybridized carbons (Fsp3) is 0.0192. The van der Waals surface area contributed by atoms with Gasteiger partial charge in [0.05, 0.1) is 32.5 Å². The van der Waals surface area contributed by atoms with E-state index in [2.05, 4.69) is 220 Å². The Labute approximate surface area is 341 Å². The van der Waals surface area contributed by atoms with Crippen LogP contribution in [0.3, 0.4) is 0 Å². The molecule has 0 radical (unpaired) electrons. The first-order valence-electron chi connectivity index (χ1n) is 19.1. The summed E-state index contributed by atoms with van der Waals surface area (Å²) in [6.45, 7) is 0. The van der Waals surface area contributed by atoms with Crippen molar-refractivity contribution in [1.29, 1.82) is 0 Å². The number of pyridine rings is 1. The Hall–Kier alpha value is -6.95. The maximum absolute atomic E-state index is 7.23. The molecule has 0 saturated heterocycles. The van der Waals surface area contributed by atoms with Crippen molar-refractivity contribution in [3.63, 3.8) is 0 Å². The van der Waals surface area contributed by atoms with Crippen LogP contribution in [0.2, 0.25) is 0 Å². The SMILES string of the molecule is Brc1c(C(c2ccccc2)(c2ccccc2)c2ccccc2)cc2c(c1N(c1ccccc1)c1ccccc1)Oc1ccccc1N2c1cccc2cccnc12. The minimum absolute atomic E-state index is 0.716. The highest BCUT2D eigenvalue weighted by Gasteiger charge is 2.44. The van der Waals surface area contributed by atoms with Crippen molar-refractivity contribution in [3.05, 3.63) is 245 Å². The van der Waals surface area contributed by atoms with E-state index in [1.54, 1.807) is 0 Å². The van der Waals surface area contributed by atoms with Crippen LogP contribution in [0.4, 0.5) is 34.1 Å². The van der Waals surface area contributed by atoms with Gasteiger partial charge in [0.2, 0.25) is 0 Å². The first-order chi connectivity index (χ1) is 28.2. The maximum Gasteiger partial charge on any atom is 0.176 e. The average Bonchev–Trinajstić information content (AvgIpc) is 3.29. The van der Waals surface area contributed by atoms with Crippen molar-refractivity contribution >= 4 is 61.0 Å². The molecular formula is C52H36BrN3O. The maximum atomic E-state index is 7.23. The molecule has 2 heterocycles. The van der Waals surface area contributed by atoms with Crippen molar-refractivity contribution in [2.75, 3.05) is 9.80 Å². The molecule has 0 spiro atoms. The van der Waals surface area contributed by atoms with Gasteiger partial charge in [-0.1, -0.05) is 158 Å². The summed E-state index contributed by atoms with van der Waals surface area (Å²) >= 11 is 4.39. The molecule has 0 N–H and O–H groups in total. The van der Waals surface area contributed by atoms with E-state index in [9.17, 15) is 0 Å². The van der Waals surface area contributed by atoms with E-state index in [1.807, 2.05) is 24.4 Å². The predicted octanol–water partition coefficient (Wildman–Crippen LogP) is 14.4. The zero-order chi connectivity index (χ0) is 38.2. The molecular weight excluding hydrogens is 762 g/mol. The Morgan fingerprint density at radius 2 is 0.982 bits per heavy atom. The highest BCUT2D eigenvalue weighted by atomic mass is 79.9. The predicted molar refractivity (Wildman–Crippen MR) is 237 cm³/mol. The highest BCUT2D eigenvalue weighted by Crippen LogP contribution is 2.62. The van der Waals surface area contributed by atoms with Crippen molar-refractivity contribution in [2.45, 2.75) is 5.41 Å². The molecule has 4 nitrogen and oxygen atoms in total. The van der Waals surface area contributed by atoms with Crippen molar-refractivity contribution in [3.8, 4) is 11.5 Å². The van der Waals surface area contributed by atoms with Crippen LogP contribution in [0.1, 0.15) is 22.3 Å². The lowest BCUT2D eigenvalue weighted by molar-refractivity contribution is 0.477. The van der Waals surface area contributed by atoms with Gasteiger partial charge in [0.1, 0.15) is 5.69 Å². The molecule has 9 aromatic rings. The molecule has 10 rings (SSSR count). The Morgan fingerprint density at radius 3 is 1.56 bits per heavy atom. The van der Waals surface area contributed by atoms with Crippen LogP contribution >= 0.6 is 15.9 Å². The molecule has 57 heavy (non-hydrogen) atoms. The number of aromatic nitrogens is 1. The fourth-order valence-electron chi connectivity index (χ4n) is 8.44. The van der Waals surface area contributed by atoms with E-state index < -0.39 is 5.41 Å². The molecule has 0 atom stereocenters. The molecule has 0 saturated carbocycles. The molecule has 0 unspecified atom stereocenters. The molecule has 5 heteroatoms. The van der Waals surface area contributed by atoms with E-state index in [0.29, 0.717) is 5.75 Å². The summed E-state index contributed by atoms with van der Waals surface area (Å²) in [4.78, 5) is 9.63. The van der Waals surface area contributed by atoms with Gasteiger partial charge in [0, 0.05) is 23.0 Å². The standard InChI is InChI=1S/C52H36BrN3O/c53-48-43(52(38-22-6-1-7-23-38,39-24-8-2-9-25-39)40-26-10-3-11-27-40)36-46-51(50(48)55(41-28-12-4-13-29-41)42-30-14-5-15-31-42)57-47-34-17-16-32-44(47)56(46)45-33-18-20-37-21-19-35-54-49(37)45/h1-36H. The van der Waals surface area contributed by atoms with E-state index in [0.717, 1.165) is 77.5 Å². The second kappa shape index (κ2) is 14.6. The molecule has 8 aromatic carbocycles. The summed E-state index contributed by atoms with van der Waals surface area (Å²) in [5.41, 5.74) is 10.2. The van der Waals surface area contributed by atoms with Crippen LogP contribution < -0.4 is 14.5 Å². The molecule has 0 fully saturated rings. The van der Waals surface area contributed by atoms with Crippen LogP contribution in [0.15, 0.2) is 223 Å². The van der Waals surface area contributed by atoms with Crippen LogP contribution in [-0.2, 0) is 5.41 Å². The van der Waals surface area contributed by atoms with Gasteiger partial charge in [-0.15, -0.1) is 0 Å². The number of rotatable bonds is 8. The van der Waals surface area contributed by atoms with Gasteiger partial charge in [-0.2, -0.15) is 0 Å². The third-order valence-electron chi connectivity index (χ3n) is 10.9. The third-order valence-corrected chi connectivity index (χ3v) is 11.7. The molecule has 0 aliphatic carbocycles. The normalized spacial score (nSPS) is 12.1. The van der Waals surface area contributed by atoms with Gasteiger partial charge in [0.25, 0.3) is 0 Å². The van der Waals surface area contributed by atoms with Crippen molar-refractivity contribution in [1.82, 2.24) is 4.98 Å². The number of hydrogen-bond donors (Lipinski definition) is 0. The zero-order valence-electron chi connectivity index (χ0n) is 30.9. The summed E-state index contributed by atoms with van der Waals surface area (Å²) in [6, 6.07) is 74.7. The number of benzene rings is 8. The van der Waals surface area contributed by atoms with Crippen molar-refractivity contribution < 1.29 is 4.74 Å². The lowest BCUT2D eigenvalue weighted by Gasteiger charge is -2.42. The van der Waals surface area contributed by atoms with Gasteiger partial charge in [-0.3, -0.25) is 4.98 Å². The highest BCUT2D eigenvalue weighted by molar-refractivity contribution is 9.10. The third kappa shape index (κ3) is 5.78. The minimum atomic E-state index is -0.787. The summed E-state index contributed by atoms with van der Waals surface area (Å²) in [7, 11) is 0. The molecule has 1 aliphatic heterocycles. The van der Waals surface area contributed by atoms with Gasteiger partial charge < -0.3 is 14.5 Å². The van der Waals surface area contributed by atoms with Crippen molar-refractivity contribution in [2.24, 2.45) is 0 Å². The minimum Gasteiger partial charge on any atom is -0.451 e. The summed E-state index contributed by atoms with van der Waals surface area (Å²) in [5, 5.41) is 1.06. The number of hydrogen-bond acceptors (Lipinski definition) is 4. The monoisotopic (exact) mass is 797 g/mol. The van der Waals surface area contributed by atoms with Crippen LogP contribution in [0, 0.1) is 0 Å². The van der Waals surface area contributed by atoms with Gasteiger partial charge >= 0.3 is 0 Å². The zero-order valence-corrected chi connectivity index (χ0v) is 32.5. The molecule has 1 aliphatic rings. The molecule has 0 amide bonds. The lowest BCUT2D eigenvalue weighted by atomic mass is 9.65. The second-order valence-corrected chi connectivity index (χ2v) is 14.8.